The number of likely N-dealkylation sites (N-methyl/N-ethyl adjacent to an activating group) is 1. The number of anilines is 1. The smallest absolute Gasteiger partial charge is 0.260 e. The molecular formula is C20H24N3O2S2+. The molecule has 0 radical (unpaired) electrons. The number of nitrogens with one attached hydrogen (secondary N) is 1. The lowest BCUT2D eigenvalue weighted by atomic mass is 10.2. The molecule has 3 rings (SSSR count). The highest BCUT2D eigenvalue weighted by Crippen LogP contribution is 2.32. The molecule has 27 heavy (non-hydrogen) atoms. The Hall–Kier alpha value is -2.09. The zero-order valence-corrected chi connectivity index (χ0v) is 17.6. The predicted octanol–water partition coefficient (Wildman–Crippen LogP) is 2.82. The normalized spacial score (nSPS) is 11.1. The van der Waals surface area contributed by atoms with Crippen LogP contribution in [0.25, 0.3) is 10.2 Å². The number of amides is 1. The minimum absolute atomic E-state index is 0.0562. The molecule has 0 unspecified atom stereocenters. The number of ether oxygens (including phenoxy) is 1. The van der Waals surface area contributed by atoms with Gasteiger partial charge in [0.05, 0.1) is 44.5 Å². The number of carbonyl (C=O) groups is 1. The van der Waals surface area contributed by atoms with E-state index in [1.54, 1.807) is 41.2 Å². The molecule has 0 aliphatic heterocycles. The van der Waals surface area contributed by atoms with Gasteiger partial charge in [0.2, 0.25) is 0 Å². The van der Waals surface area contributed by atoms with Gasteiger partial charge >= 0.3 is 0 Å². The van der Waals surface area contributed by atoms with Crippen LogP contribution in [0.1, 0.15) is 10.4 Å². The predicted molar refractivity (Wildman–Crippen MR) is 114 cm³/mol. The molecule has 0 fully saturated rings. The van der Waals surface area contributed by atoms with Crippen molar-refractivity contribution in [1.29, 1.82) is 0 Å². The van der Waals surface area contributed by atoms with Gasteiger partial charge in [0, 0.05) is 10.5 Å². The molecule has 0 aliphatic carbocycles. The second-order valence-corrected chi connectivity index (χ2v) is 8.36. The number of fused-ring (bicyclic) bond motifs is 1. The number of benzene rings is 2. The monoisotopic (exact) mass is 402 g/mol. The second kappa shape index (κ2) is 8.73. The summed E-state index contributed by atoms with van der Waals surface area (Å²) >= 11 is 3.26. The van der Waals surface area contributed by atoms with Gasteiger partial charge < -0.3 is 9.64 Å². The summed E-state index contributed by atoms with van der Waals surface area (Å²) in [5.74, 6) is 0.618. The number of rotatable bonds is 7. The fraction of sp³-hybridized carbons (Fsp3) is 0.300. The lowest BCUT2D eigenvalue weighted by Gasteiger charge is -2.21. The molecule has 1 aromatic heterocycles. The number of thiazole rings is 1. The van der Waals surface area contributed by atoms with Gasteiger partial charge in [0.25, 0.3) is 5.91 Å². The lowest BCUT2D eigenvalue weighted by Crippen LogP contribution is -3.06. The SMILES string of the molecule is COc1cccc(C(=O)N(CC[NH+](C)C)c2nc3ccc(SC)cc3s2)c1. The summed E-state index contributed by atoms with van der Waals surface area (Å²) in [6.45, 7) is 1.44. The van der Waals surface area contributed by atoms with E-state index in [0.717, 1.165) is 21.9 Å². The van der Waals surface area contributed by atoms with Gasteiger partial charge in [-0.25, -0.2) is 4.98 Å². The summed E-state index contributed by atoms with van der Waals surface area (Å²) in [6.07, 6.45) is 2.06. The zero-order chi connectivity index (χ0) is 19.4. The van der Waals surface area contributed by atoms with E-state index in [1.165, 1.54) is 9.80 Å². The third kappa shape index (κ3) is 4.61. The Labute approximate surface area is 168 Å². The number of hydrogen-bond donors (Lipinski definition) is 1. The van der Waals surface area contributed by atoms with E-state index in [4.69, 9.17) is 9.72 Å². The maximum absolute atomic E-state index is 13.2. The number of methoxy groups -OCH3 is 1. The van der Waals surface area contributed by atoms with Crippen molar-refractivity contribution in [3.05, 3.63) is 48.0 Å². The van der Waals surface area contributed by atoms with E-state index < -0.39 is 0 Å². The molecule has 0 saturated carbocycles. The van der Waals surface area contributed by atoms with Crippen LogP contribution in [-0.4, -0.2) is 51.4 Å². The van der Waals surface area contributed by atoms with Crippen molar-refractivity contribution in [2.75, 3.05) is 45.5 Å². The first-order valence-electron chi connectivity index (χ1n) is 8.71. The fourth-order valence-electron chi connectivity index (χ4n) is 2.67. The Balaban J connectivity index is 1.98. The molecule has 0 spiro atoms. The molecule has 7 heteroatoms. The van der Waals surface area contributed by atoms with Crippen molar-refractivity contribution >= 4 is 44.4 Å². The van der Waals surface area contributed by atoms with Gasteiger partial charge in [-0.2, -0.15) is 0 Å². The van der Waals surface area contributed by atoms with Crippen molar-refractivity contribution in [1.82, 2.24) is 4.98 Å². The number of quaternary nitrogens is 1. The summed E-state index contributed by atoms with van der Waals surface area (Å²) in [7, 11) is 5.77. The van der Waals surface area contributed by atoms with Crippen LogP contribution in [-0.2, 0) is 0 Å². The van der Waals surface area contributed by atoms with Crippen molar-refractivity contribution in [3.8, 4) is 5.75 Å². The number of thioether (sulfide) groups is 1. The molecule has 0 bridgehead atoms. The average molecular weight is 403 g/mol. The number of nitrogens with zero attached hydrogens (tertiary/aromatic N) is 2. The molecular weight excluding hydrogens is 378 g/mol. The first-order valence-corrected chi connectivity index (χ1v) is 10.8. The van der Waals surface area contributed by atoms with E-state index in [-0.39, 0.29) is 5.91 Å². The third-order valence-corrected chi connectivity index (χ3v) is 5.98. The van der Waals surface area contributed by atoms with Gasteiger partial charge in [-0.05, 0) is 42.7 Å². The van der Waals surface area contributed by atoms with Crippen molar-refractivity contribution in [2.24, 2.45) is 0 Å². The molecule has 0 aliphatic rings. The summed E-state index contributed by atoms with van der Waals surface area (Å²) in [5, 5.41) is 0.734. The van der Waals surface area contributed by atoms with Crippen LogP contribution in [0.3, 0.4) is 0 Å². The number of carbonyl (C=O) groups excluding carboxylic acids is 1. The van der Waals surface area contributed by atoms with Gasteiger partial charge in [-0.15, -0.1) is 11.8 Å². The van der Waals surface area contributed by atoms with Crippen LogP contribution in [0.5, 0.6) is 5.75 Å². The highest BCUT2D eigenvalue weighted by Gasteiger charge is 2.22. The Bertz CT molecular complexity index is 940. The van der Waals surface area contributed by atoms with Crippen LogP contribution < -0.4 is 14.5 Å². The minimum Gasteiger partial charge on any atom is -0.497 e. The van der Waals surface area contributed by atoms with Crippen LogP contribution in [0, 0.1) is 0 Å². The first-order chi connectivity index (χ1) is 13.0. The van der Waals surface area contributed by atoms with E-state index in [0.29, 0.717) is 17.9 Å². The Kier molecular flexibility index (Phi) is 6.36. The molecule has 1 heterocycles. The maximum atomic E-state index is 13.2. The highest BCUT2D eigenvalue weighted by atomic mass is 32.2. The van der Waals surface area contributed by atoms with Gasteiger partial charge in [-0.3, -0.25) is 9.69 Å². The van der Waals surface area contributed by atoms with E-state index in [1.807, 2.05) is 24.3 Å². The molecule has 2 aromatic carbocycles. The standard InChI is InChI=1S/C20H23N3O2S2/c1-22(2)10-11-23(19(24)14-6-5-7-15(12-14)25-3)20-21-17-9-8-16(26-4)13-18(17)27-20/h5-9,12-13H,10-11H2,1-4H3/p+1. The van der Waals surface area contributed by atoms with Crippen LogP contribution in [0.2, 0.25) is 0 Å². The quantitative estimate of drug-likeness (QED) is 0.618. The first kappa shape index (κ1) is 19.7. The summed E-state index contributed by atoms with van der Waals surface area (Å²) < 4.78 is 6.37. The van der Waals surface area contributed by atoms with Crippen molar-refractivity contribution in [3.63, 3.8) is 0 Å². The average Bonchev–Trinajstić information content (AvgIpc) is 3.10. The molecule has 5 nitrogen and oxygen atoms in total. The summed E-state index contributed by atoms with van der Waals surface area (Å²) in [6, 6.07) is 13.5. The molecule has 0 saturated heterocycles. The Morgan fingerprint density at radius 1 is 1.26 bits per heavy atom. The summed E-state index contributed by atoms with van der Waals surface area (Å²) in [5.41, 5.74) is 1.53. The maximum Gasteiger partial charge on any atom is 0.260 e. The lowest BCUT2D eigenvalue weighted by molar-refractivity contribution is -0.856. The summed E-state index contributed by atoms with van der Waals surface area (Å²) in [4.78, 5) is 22.2. The van der Waals surface area contributed by atoms with E-state index >= 15 is 0 Å². The minimum atomic E-state index is -0.0562. The van der Waals surface area contributed by atoms with Gasteiger partial charge in [-0.1, -0.05) is 17.4 Å². The van der Waals surface area contributed by atoms with Crippen LogP contribution in [0.15, 0.2) is 47.4 Å². The molecule has 1 amide bonds. The van der Waals surface area contributed by atoms with E-state index in [9.17, 15) is 4.79 Å². The van der Waals surface area contributed by atoms with Crippen LogP contribution >= 0.6 is 23.1 Å². The van der Waals surface area contributed by atoms with Gasteiger partial charge in [0.1, 0.15) is 5.75 Å². The highest BCUT2D eigenvalue weighted by molar-refractivity contribution is 7.98. The number of hydrogen-bond acceptors (Lipinski definition) is 5. The van der Waals surface area contributed by atoms with Crippen LogP contribution in [0.4, 0.5) is 5.13 Å². The Morgan fingerprint density at radius 3 is 2.78 bits per heavy atom. The largest absolute Gasteiger partial charge is 0.497 e. The second-order valence-electron chi connectivity index (χ2n) is 6.48. The molecule has 1 N–H and O–H groups in total. The molecule has 0 atom stereocenters. The molecule has 142 valence electrons. The van der Waals surface area contributed by atoms with Gasteiger partial charge in [0.15, 0.2) is 5.13 Å². The van der Waals surface area contributed by atoms with Crippen molar-refractivity contribution < 1.29 is 14.4 Å². The fourth-order valence-corrected chi connectivity index (χ4v) is 4.21. The number of aromatic nitrogens is 1. The third-order valence-electron chi connectivity index (χ3n) is 4.21. The Morgan fingerprint density at radius 2 is 2.07 bits per heavy atom. The zero-order valence-electron chi connectivity index (χ0n) is 16.0. The molecule has 3 aromatic rings. The van der Waals surface area contributed by atoms with Crippen molar-refractivity contribution in [2.45, 2.75) is 4.90 Å². The topological polar surface area (TPSA) is 46.9 Å². The van der Waals surface area contributed by atoms with E-state index in [2.05, 4.69) is 32.5 Å².